The van der Waals surface area contributed by atoms with E-state index in [1.165, 1.54) is 0 Å². The second kappa shape index (κ2) is 9.28. The lowest BCUT2D eigenvalue weighted by molar-refractivity contribution is 0.102. The quantitative estimate of drug-likeness (QED) is 0.650. The molecule has 1 saturated heterocycles. The number of aryl methyl sites for hydroxylation is 1. The van der Waals surface area contributed by atoms with Gasteiger partial charge in [-0.2, -0.15) is 0 Å². The van der Waals surface area contributed by atoms with Gasteiger partial charge in [0.2, 0.25) is 0 Å². The summed E-state index contributed by atoms with van der Waals surface area (Å²) in [6, 6.07) is 15.9. The van der Waals surface area contributed by atoms with E-state index < -0.39 is 0 Å². The molecule has 2 heterocycles. The number of methoxy groups -OCH3 is 1. The summed E-state index contributed by atoms with van der Waals surface area (Å²) in [4.78, 5) is 21.8. The molecule has 7 heteroatoms. The molecule has 1 aromatic heterocycles. The first kappa shape index (κ1) is 20.4. The van der Waals surface area contributed by atoms with Crippen molar-refractivity contribution in [2.45, 2.75) is 13.5 Å². The van der Waals surface area contributed by atoms with E-state index in [0.717, 1.165) is 60.4 Å². The number of rotatable bonds is 6. The van der Waals surface area contributed by atoms with E-state index in [9.17, 15) is 4.79 Å². The zero-order valence-corrected chi connectivity index (χ0v) is 18.1. The van der Waals surface area contributed by atoms with E-state index in [0.29, 0.717) is 5.69 Å². The summed E-state index contributed by atoms with van der Waals surface area (Å²) in [6.07, 6.45) is 0. The van der Waals surface area contributed by atoms with Crippen LogP contribution in [0.5, 0.6) is 5.75 Å². The molecule has 3 aromatic rings. The summed E-state index contributed by atoms with van der Waals surface area (Å²) < 4.78 is 5.49. The molecular formula is C23H26N4O2S. The Morgan fingerprint density at radius 3 is 2.70 bits per heavy atom. The molecule has 6 nitrogen and oxygen atoms in total. The summed E-state index contributed by atoms with van der Waals surface area (Å²) in [5.41, 5.74) is 3.52. The predicted molar refractivity (Wildman–Crippen MR) is 122 cm³/mol. The Morgan fingerprint density at radius 2 is 1.93 bits per heavy atom. The molecule has 0 bridgehead atoms. The molecule has 4 rings (SSSR count). The van der Waals surface area contributed by atoms with Gasteiger partial charge in [-0.25, -0.2) is 4.98 Å². The number of para-hydroxylation sites is 2. The van der Waals surface area contributed by atoms with Gasteiger partial charge in [0, 0.05) is 37.2 Å². The monoisotopic (exact) mass is 422 g/mol. The minimum Gasteiger partial charge on any atom is -0.495 e. The standard InChI is InChI=1S/C23H26N4O2S/c1-17-6-5-7-18(14-17)24-23(28)19-16-30-22(25-19)15-26-10-12-27(13-11-26)20-8-3-4-9-21(20)29-2/h3-9,14,16H,10-13,15H2,1-2H3,(H,24,28). The first-order valence-corrected chi connectivity index (χ1v) is 10.9. The van der Waals surface area contributed by atoms with Crippen molar-refractivity contribution in [1.82, 2.24) is 9.88 Å². The summed E-state index contributed by atoms with van der Waals surface area (Å²) >= 11 is 1.54. The molecule has 0 spiro atoms. The highest BCUT2D eigenvalue weighted by atomic mass is 32.1. The van der Waals surface area contributed by atoms with Gasteiger partial charge in [-0.3, -0.25) is 9.69 Å². The molecule has 0 radical (unpaired) electrons. The lowest BCUT2D eigenvalue weighted by Gasteiger charge is -2.36. The molecule has 1 amide bonds. The Labute approximate surface area is 181 Å². The molecule has 156 valence electrons. The third kappa shape index (κ3) is 4.80. The van der Waals surface area contributed by atoms with Crippen molar-refractivity contribution in [3.63, 3.8) is 0 Å². The number of hydrogen-bond donors (Lipinski definition) is 1. The van der Waals surface area contributed by atoms with Crippen molar-refractivity contribution in [3.05, 3.63) is 70.2 Å². The lowest BCUT2D eigenvalue weighted by atomic mass is 10.2. The van der Waals surface area contributed by atoms with E-state index in [-0.39, 0.29) is 5.91 Å². The number of anilines is 2. The smallest absolute Gasteiger partial charge is 0.275 e. The van der Waals surface area contributed by atoms with Gasteiger partial charge in [0.25, 0.3) is 5.91 Å². The summed E-state index contributed by atoms with van der Waals surface area (Å²) in [7, 11) is 1.71. The molecule has 0 atom stereocenters. The predicted octanol–water partition coefficient (Wildman–Crippen LogP) is 4.03. The molecule has 2 aromatic carbocycles. The molecule has 1 aliphatic rings. The molecule has 1 fully saturated rings. The molecule has 0 aliphatic carbocycles. The van der Waals surface area contributed by atoms with Gasteiger partial charge in [-0.1, -0.05) is 24.3 Å². The first-order valence-electron chi connectivity index (χ1n) is 10.0. The van der Waals surface area contributed by atoms with Crippen molar-refractivity contribution >= 4 is 28.6 Å². The van der Waals surface area contributed by atoms with Crippen LogP contribution in [0.15, 0.2) is 53.9 Å². The summed E-state index contributed by atoms with van der Waals surface area (Å²) in [5.74, 6) is 0.749. The fourth-order valence-corrected chi connectivity index (χ4v) is 4.45. The number of aromatic nitrogens is 1. The van der Waals surface area contributed by atoms with Crippen molar-refractivity contribution < 1.29 is 9.53 Å². The van der Waals surface area contributed by atoms with E-state index in [2.05, 4.69) is 26.2 Å². The Morgan fingerprint density at radius 1 is 1.13 bits per heavy atom. The number of benzene rings is 2. The van der Waals surface area contributed by atoms with Crippen LogP contribution in [0, 0.1) is 6.92 Å². The van der Waals surface area contributed by atoms with Crippen LogP contribution in [-0.2, 0) is 6.54 Å². The van der Waals surface area contributed by atoms with Crippen LogP contribution in [-0.4, -0.2) is 49.1 Å². The SMILES string of the molecule is COc1ccccc1N1CCN(Cc2nc(C(=O)Nc3cccc(C)c3)cs2)CC1. The fourth-order valence-electron chi connectivity index (χ4n) is 3.63. The minimum absolute atomic E-state index is 0.163. The van der Waals surface area contributed by atoms with Crippen LogP contribution < -0.4 is 15.0 Å². The van der Waals surface area contributed by atoms with Crippen molar-refractivity contribution in [3.8, 4) is 5.75 Å². The molecule has 1 aliphatic heterocycles. The highest BCUT2D eigenvalue weighted by Crippen LogP contribution is 2.28. The van der Waals surface area contributed by atoms with Crippen LogP contribution >= 0.6 is 11.3 Å². The number of hydrogen-bond acceptors (Lipinski definition) is 6. The van der Waals surface area contributed by atoms with Gasteiger partial charge < -0.3 is 15.0 Å². The van der Waals surface area contributed by atoms with E-state index in [4.69, 9.17) is 4.74 Å². The summed E-state index contributed by atoms with van der Waals surface area (Å²) in [6.45, 7) is 6.54. The van der Waals surface area contributed by atoms with Crippen LogP contribution in [0.25, 0.3) is 0 Å². The van der Waals surface area contributed by atoms with Gasteiger partial charge in [0.1, 0.15) is 16.5 Å². The third-order valence-corrected chi connectivity index (χ3v) is 6.05. The largest absolute Gasteiger partial charge is 0.495 e. The second-order valence-corrected chi connectivity index (χ2v) is 8.33. The fraction of sp³-hybridized carbons (Fsp3) is 0.304. The molecular weight excluding hydrogens is 396 g/mol. The van der Waals surface area contributed by atoms with E-state index in [1.54, 1.807) is 18.4 Å². The van der Waals surface area contributed by atoms with Crippen LogP contribution in [0.4, 0.5) is 11.4 Å². The maximum Gasteiger partial charge on any atom is 0.275 e. The van der Waals surface area contributed by atoms with E-state index in [1.807, 2.05) is 54.8 Å². The van der Waals surface area contributed by atoms with Crippen LogP contribution in [0.2, 0.25) is 0 Å². The average molecular weight is 423 g/mol. The number of amides is 1. The number of piperazine rings is 1. The molecule has 0 saturated carbocycles. The number of carbonyl (C=O) groups excluding carboxylic acids is 1. The van der Waals surface area contributed by atoms with Crippen molar-refractivity contribution in [2.24, 2.45) is 0 Å². The van der Waals surface area contributed by atoms with Gasteiger partial charge in [0.05, 0.1) is 19.3 Å². The number of nitrogens with one attached hydrogen (secondary N) is 1. The second-order valence-electron chi connectivity index (χ2n) is 7.39. The summed E-state index contributed by atoms with van der Waals surface area (Å²) in [5, 5.41) is 5.73. The Kier molecular flexibility index (Phi) is 6.30. The number of ether oxygens (including phenoxy) is 1. The first-order chi connectivity index (χ1) is 14.6. The van der Waals surface area contributed by atoms with Crippen molar-refractivity contribution in [1.29, 1.82) is 0 Å². The topological polar surface area (TPSA) is 57.7 Å². The van der Waals surface area contributed by atoms with Gasteiger partial charge >= 0.3 is 0 Å². The maximum atomic E-state index is 12.5. The van der Waals surface area contributed by atoms with Crippen LogP contribution in [0.1, 0.15) is 21.1 Å². The average Bonchev–Trinajstić information content (AvgIpc) is 3.23. The van der Waals surface area contributed by atoms with Gasteiger partial charge in [-0.15, -0.1) is 11.3 Å². The lowest BCUT2D eigenvalue weighted by Crippen LogP contribution is -2.46. The van der Waals surface area contributed by atoms with Crippen molar-refractivity contribution in [2.75, 3.05) is 43.5 Å². The molecule has 0 unspecified atom stereocenters. The molecule has 30 heavy (non-hydrogen) atoms. The van der Waals surface area contributed by atoms with Gasteiger partial charge in [-0.05, 0) is 36.8 Å². The zero-order chi connectivity index (χ0) is 20.9. The zero-order valence-electron chi connectivity index (χ0n) is 17.3. The normalized spacial score (nSPS) is 14.5. The minimum atomic E-state index is -0.163. The Hall–Kier alpha value is -2.90. The third-order valence-electron chi connectivity index (χ3n) is 5.22. The van der Waals surface area contributed by atoms with Crippen LogP contribution in [0.3, 0.4) is 0 Å². The number of thiazole rings is 1. The number of carbonyl (C=O) groups is 1. The maximum absolute atomic E-state index is 12.5. The molecule has 1 N–H and O–H groups in total. The van der Waals surface area contributed by atoms with Gasteiger partial charge in [0.15, 0.2) is 0 Å². The van der Waals surface area contributed by atoms with E-state index >= 15 is 0 Å². The highest BCUT2D eigenvalue weighted by molar-refractivity contribution is 7.09. The Balaban J connectivity index is 1.32. The Bertz CT molecular complexity index is 1010. The number of nitrogens with zero attached hydrogens (tertiary/aromatic N) is 3. The highest BCUT2D eigenvalue weighted by Gasteiger charge is 2.21.